The number of amides is 2. The molecule has 0 aromatic heterocycles. The number of nitrogens with zero attached hydrogens (tertiary/aromatic N) is 1. The van der Waals surface area contributed by atoms with E-state index in [1.54, 1.807) is 12.0 Å². The van der Waals surface area contributed by atoms with Crippen LogP contribution >= 0.6 is 0 Å². The zero-order chi connectivity index (χ0) is 17.5. The van der Waals surface area contributed by atoms with Crippen molar-refractivity contribution in [1.82, 2.24) is 4.90 Å². The summed E-state index contributed by atoms with van der Waals surface area (Å²) in [7, 11) is 3.41. The summed E-state index contributed by atoms with van der Waals surface area (Å²) in [6.07, 6.45) is 0. The lowest BCUT2D eigenvalue weighted by atomic mass is 10.2. The molecule has 1 atom stereocenters. The number of hydrogen-bond donors (Lipinski definition) is 2. The topological polar surface area (TPSA) is 72.3 Å². The Morgan fingerprint density at radius 3 is 2.67 bits per heavy atom. The molecule has 132 valence electrons. The van der Waals surface area contributed by atoms with E-state index >= 15 is 0 Å². The van der Waals surface area contributed by atoms with Gasteiger partial charge in [-0.05, 0) is 24.6 Å². The number of hydrogen-bond acceptors (Lipinski definition) is 4. The standard InChI is InChI=1S/C17H25N3O4/c1-13-4-5-15(23-3)14(10-13)18-16(21)11-19(2)12-17(22)20-6-8-24-9-7-20/h4-5,10H,6-9,11-12H2,1-3H3,(H,18,21)/p+1. The molecule has 0 spiro atoms. The summed E-state index contributed by atoms with van der Waals surface area (Å²) in [5, 5.41) is 2.86. The maximum absolute atomic E-state index is 12.2. The molecule has 1 aromatic carbocycles. The number of benzene rings is 1. The summed E-state index contributed by atoms with van der Waals surface area (Å²) in [5.41, 5.74) is 1.68. The largest absolute Gasteiger partial charge is 0.495 e. The van der Waals surface area contributed by atoms with Crippen LogP contribution in [0.4, 0.5) is 5.69 Å². The lowest BCUT2D eigenvalue weighted by Crippen LogP contribution is -3.11. The van der Waals surface area contributed by atoms with Gasteiger partial charge in [-0.1, -0.05) is 6.07 Å². The Morgan fingerprint density at radius 2 is 2.00 bits per heavy atom. The summed E-state index contributed by atoms with van der Waals surface area (Å²) >= 11 is 0. The van der Waals surface area contributed by atoms with Crippen LogP contribution in [-0.2, 0) is 14.3 Å². The van der Waals surface area contributed by atoms with E-state index in [-0.39, 0.29) is 18.4 Å². The second-order valence-electron chi connectivity index (χ2n) is 6.06. The van der Waals surface area contributed by atoms with E-state index in [4.69, 9.17) is 9.47 Å². The van der Waals surface area contributed by atoms with Gasteiger partial charge in [0.2, 0.25) is 0 Å². The van der Waals surface area contributed by atoms with Gasteiger partial charge in [-0.2, -0.15) is 0 Å². The molecule has 1 saturated heterocycles. The summed E-state index contributed by atoms with van der Waals surface area (Å²) in [4.78, 5) is 27.0. The minimum absolute atomic E-state index is 0.0525. The van der Waals surface area contributed by atoms with Gasteiger partial charge in [0.1, 0.15) is 5.75 Å². The van der Waals surface area contributed by atoms with E-state index < -0.39 is 0 Å². The Kier molecular flexibility index (Phi) is 6.57. The van der Waals surface area contributed by atoms with Gasteiger partial charge in [0.25, 0.3) is 11.8 Å². The molecule has 2 rings (SSSR count). The quantitative estimate of drug-likeness (QED) is 0.722. The Morgan fingerprint density at radius 1 is 1.29 bits per heavy atom. The van der Waals surface area contributed by atoms with Gasteiger partial charge in [-0.25, -0.2) is 0 Å². The Hall–Kier alpha value is -2.12. The molecule has 1 aromatic rings. The zero-order valence-corrected chi connectivity index (χ0v) is 14.6. The molecule has 1 unspecified atom stereocenters. The van der Waals surface area contributed by atoms with E-state index in [0.29, 0.717) is 44.3 Å². The number of morpholine rings is 1. The molecular formula is C17H26N3O4+. The fourth-order valence-electron chi connectivity index (χ4n) is 2.63. The van der Waals surface area contributed by atoms with Gasteiger partial charge in [0.15, 0.2) is 13.1 Å². The highest BCUT2D eigenvalue weighted by atomic mass is 16.5. The van der Waals surface area contributed by atoms with Crippen molar-refractivity contribution < 1.29 is 24.0 Å². The van der Waals surface area contributed by atoms with Crippen molar-refractivity contribution in [3.8, 4) is 5.75 Å². The van der Waals surface area contributed by atoms with Crippen molar-refractivity contribution in [1.29, 1.82) is 0 Å². The van der Waals surface area contributed by atoms with Gasteiger partial charge < -0.3 is 24.6 Å². The summed E-state index contributed by atoms with van der Waals surface area (Å²) in [6, 6.07) is 5.61. The van der Waals surface area contributed by atoms with E-state index in [0.717, 1.165) is 10.5 Å². The molecule has 0 saturated carbocycles. The maximum atomic E-state index is 12.2. The van der Waals surface area contributed by atoms with Crippen LogP contribution in [0.3, 0.4) is 0 Å². The normalized spacial score (nSPS) is 15.7. The predicted molar refractivity (Wildman–Crippen MR) is 90.4 cm³/mol. The molecule has 1 fully saturated rings. The highest BCUT2D eigenvalue weighted by Gasteiger charge is 2.21. The molecule has 1 aliphatic rings. The Balaban J connectivity index is 1.85. The zero-order valence-electron chi connectivity index (χ0n) is 14.6. The van der Waals surface area contributed by atoms with Crippen LogP contribution in [0.15, 0.2) is 18.2 Å². The van der Waals surface area contributed by atoms with Crippen LogP contribution in [0.1, 0.15) is 5.56 Å². The Bertz CT molecular complexity index is 585. The third-order valence-corrected chi connectivity index (χ3v) is 3.91. The number of methoxy groups -OCH3 is 1. The van der Waals surface area contributed by atoms with Gasteiger partial charge in [0, 0.05) is 13.1 Å². The first-order valence-corrected chi connectivity index (χ1v) is 8.11. The lowest BCUT2D eigenvalue weighted by molar-refractivity contribution is -0.862. The lowest BCUT2D eigenvalue weighted by Gasteiger charge is -2.27. The number of likely N-dealkylation sites (N-methyl/N-ethyl adjacent to an activating group) is 1. The van der Waals surface area contributed by atoms with Gasteiger partial charge in [-0.3, -0.25) is 9.59 Å². The first-order chi connectivity index (χ1) is 11.5. The van der Waals surface area contributed by atoms with E-state index in [1.165, 1.54) is 0 Å². The van der Waals surface area contributed by atoms with Gasteiger partial charge >= 0.3 is 0 Å². The van der Waals surface area contributed by atoms with Crippen LogP contribution in [-0.4, -0.2) is 70.3 Å². The number of anilines is 1. The predicted octanol–water partition coefficient (Wildman–Crippen LogP) is -0.684. The molecule has 7 heteroatoms. The van der Waals surface area contributed by atoms with Crippen LogP contribution < -0.4 is 15.0 Å². The Labute approximate surface area is 142 Å². The molecule has 24 heavy (non-hydrogen) atoms. The average Bonchev–Trinajstić information content (AvgIpc) is 2.55. The number of ether oxygens (including phenoxy) is 2. The minimum Gasteiger partial charge on any atom is -0.495 e. The highest BCUT2D eigenvalue weighted by Crippen LogP contribution is 2.24. The first-order valence-electron chi connectivity index (χ1n) is 8.11. The maximum Gasteiger partial charge on any atom is 0.279 e. The smallest absolute Gasteiger partial charge is 0.279 e. The third kappa shape index (κ3) is 5.21. The number of quaternary nitrogens is 1. The number of rotatable bonds is 6. The van der Waals surface area contributed by atoms with Crippen LogP contribution in [0.25, 0.3) is 0 Å². The third-order valence-electron chi connectivity index (χ3n) is 3.91. The number of nitrogens with one attached hydrogen (secondary N) is 2. The average molecular weight is 336 g/mol. The van der Waals surface area contributed by atoms with Crippen molar-refractivity contribution in [2.45, 2.75) is 6.92 Å². The molecule has 0 radical (unpaired) electrons. The monoisotopic (exact) mass is 336 g/mol. The highest BCUT2D eigenvalue weighted by molar-refractivity contribution is 5.93. The van der Waals surface area contributed by atoms with E-state index in [9.17, 15) is 9.59 Å². The van der Waals surface area contributed by atoms with Crippen molar-refractivity contribution in [2.24, 2.45) is 0 Å². The van der Waals surface area contributed by atoms with Crippen LogP contribution in [0.5, 0.6) is 5.75 Å². The number of aryl methyl sites for hydroxylation is 1. The summed E-state index contributed by atoms with van der Waals surface area (Å²) in [5.74, 6) is 0.527. The molecule has 7 nitrogen and oxygen atoms in total. The minimum atomic E-state index is -0.147. The number of carbonyl (C=O) groups is 2. The van der Waals surface area contributed by atoms with Gasteiger partial charge in [0.05, 0.1) is 33.1 Å². The number of carbonyl (C=O) groups excluding carboxylic acids is 2. The first kappa shape index (κ1) is 18.2. The summed E-state index contributed by atoms with van der Waals surface area (Å²) in [6.45, 7) is 4.87. The molecule has 0 aliphatic carbocycles. The van der Waals surface area contributed by atoms with Crippen LogP contribution in [0.2, 0.25) is 0 Å². The van der Waals surface area contributed by atoms with Crippen molar-refractivity contribution in [3.63, 3.8) is 0 Å². The van der Waals surface area contributed by atoms with Crippen molar-refractivity contribution in [2.75, 3.05) is 58.9 Å². The fraction of sp³-hybridized carbons (Fsp3) is 0.529. The molecule has 2 amide bonds. The molecular weight excluding hydrogens is 310 g/mol. The fourth-order valence-corrected chi connectivity index (χ4v) is 2.63. The SMILES string of the molecule is COc1ccc(C)cc1NC(=O)C[NH+](C)CC(=O)N1CCOCC1. The van der Waals surface area contributed by atoms with E-state index in [2.05, 4.69) is 5.32 Å². The second kappa shape index (κ2) is 8.65. The van der Waals surface area contributed by atoms with E-state index in [1.807, 2.05) is 32.2 Å². The molecule has 1 aliphatic heterocycles. The van der Waals surface area contributed by atoms with Crippen molar-refractivity contribution in [3.05, 3.63) is 23.8 Å². The summed E-state index contributed by atoms with van der Waals surface area (Å²) < 4.78 is 10.5. The molecule has 0 bridgehead atoms. The molecule has 2 N–H and O–H groups in total. The molecule has 1 heterocycles. The van der Waals surface area contributed by atoms with Gasteiger partial charge in [-0.15, -0.1) is 0 Å². The van der Waals surface area contributed by atoms with Crippen LogP contribution in [0, 0.1) is 6.92 Å². The van der Waals surface area contributed by atoms with Crippen molar-refractivity contribution >= 4 is 17.5 Å². The second-order valence-corrected chi connectivity index (χ2v) is 6.06.